The minimum Gasteiger partial charge on any atom is -0.508 e. The summed E-state index contributed by atoms with van der Waals surface area (Å²) >= 11 is 0. The van der Waals surface area contributed by atoms with Gasteiger partial charge in [-0.1, -0.05) is 48.5 Å². The molecule has 54 heavy (non-hydrogen) atoms. The Hall–Kier alpha value is -6.20. The Balaban J connectivity index is 1.45. The minimum absolute atomic E-state index is 0.0125. The van der Waals surface area contributed by atoms with E-state index >= 15 is 0 Å². The molecule has 16 heteroatoms. The van der Waals surface area contributed by atoms with Gasteiger partial charge in [0.1, 0.15) is 23.0 Å². The van der Waals surface area contributed by atoms with Crippen LogP contribution in [0.15, 0.2) is 97.1 Å². The average molecular weight is 741 g/mol. The first-order chi connectivity index (χ1) is 26.0. The summed E-state index contributed by atoms with van der Waals surface area (Å²) in [6, 6.07) is 27.1. The fourth-order valence-electron chi connectivity index (χ4n) is 5.81. The molecular formula is C38H44N8O8. The maximum absolute atomic E-state index is 13.7. The number of carbonyl (C=O) groups is 4. The smallest absolute Gasteiger partial charge is 0.250 e. The van der Waals surface area contributed by atoms with E-state index in [0.29, 0.717) is 22.6 Å². The molecular weight excluding hydrogens is 696 g/mol. The lowest BCUT2D eigenvalue weighted by atomic mass is 10.2. The number of benzene rings is 4. The SMILES string of the molecule is COc1cccc(CN2CC(=O)NN(Cc3cccc(O)c3)CC(=O)NN(Cc3cccc(OC)c3)CC(=O)NN(Cc3cccc(O)c3)CC(=O)N2)c1. The van der Waals surface area contributed by atoms with E-state index in [1.54, 1.807) is 60.7 Å². The summed E-state index contributed by atoms with van der Waals surface area (Å²) in [5.41, 5.74) is 13.8. The minimum atomic E-state index is -0.545. The molecule has 0 unspecified atom stereocenters. The Kier molecular flexibility index (Phi) is 13.8. The quantitative estimate of drug-likeness (QED) is 0.138. The molecule has 0 aliphatic carbocycles. The van der Waals surface area contributed by atoms with E-state index in [2.05, 4.69) is 21.7 Å². The number of hydrazine groups is 4. The number of nitrogens with one attached hydrogen (secondary N) is 4. The maximum Gasteiger partial charge on any atom is 0.250 e. The molecule has 1 aliphatic rings. The highest BCUT2D eigenvalue weighted by Crippen LogP contribution is 2.17. The molecule has 0 radical (unpaired) electrons. The van der Waals surface area contributed by atoms with Crippen molar-refractivity contribution < 1.29 is 38.9 Å². The van der Waals surface area contributed by atoms with Crippen molar-refractivity contribution in [2.75, 3.05) is 40.4 Å². The van der Waals surface area contributed by atoms with Gasteiger partial charge in [0.15, 0.2) is 0 Å². The van der Waals surface area contributed by atoms with Gasteiger partial charge in [0.25, 0.3) is 0 Å². The second-order valence-corrected chi connectivity index (χ2v) is 12.6. The van der Waals surface area contributed by atoms with Crippen molar-refractivity contribution >= 4 is 23.6 Å². The van der Waals surface area contributed by atoms with E-state index in [-0.39, 0.29) is 63.9 Å². The lowest BCUT2D eigenvalue weighted by molar-refractivity contribution is -0.137. The highest BCUT2D eigenvalue weighted by atomic mass is 16.5. The van der Waals surface area contributed by atoms with E-state index in [4.69, 9.17) is 9.47 Å². The van der Waals surface area contributed by atoms with Gasteiger partial charge < -0.3 is 19.7 Å². The number of hydrogen-bond acceptors (Lipinski definition) is 12. The second-order valence-electron chi connectivity index (χ2n) is 12.6. The van der Waals surface area contributed by atoms with Crippen molar-refractivity contribution in [2.24, 2.45) is 0 Å². The molecule has 0 saturated carbocycles. The average Bonchev–Trinajstić information content (AvgIpc) is 3.11. The van der Waals surface area contributed by atoms with Crippen molar-refractivity contribution in [3.63, 3.8) is 0 Å². The van der Waals surface area contributed by atoms with Gasteiger partial charge in [-0.25, -0.2) is 20.0 Å². The number of amides is 4. The number of ether oxygens (including phenoxy) is 2. The van der Waals surface area contributed by atoms with Crippen molar-refractivity contribution in [1.29, 1.82) is 0 Å². The fourth-order valence-corrected chi connectivity index (χ4v) is 5.81. The van der Waals surface area contributed by atoms with Crippen LogP contribution in [0, 0.1) is 0 Å². The zero-order valence-corrected chi connectivity index (χ0v) is 30.0. The van der Waals surface area contributed by atoms with Crippen LogP contribution in [0.4, 0.5) is 0 Å². The molecule has 4 amide bonds. The zero-order valence-electron chi connectivity index (χ0n) is 30.0. The summed E-state index contributed by atoms with van der Waals surface area (Å²) in [5.74, 6) is -0.986. The molecule has 4 aromatic carbocycles. The van der Waals surface area contributed by atoms with Crippen LogP contribution in [-0.2, 0) is 45.4 Å². The number of rotatable bonds is 10. The first-order valence-corrected chi connectivity index (χ1v) is 17.0. The second kappa shape index (κ2) is 19.0. The Morgan fingerprint density at radius 1 is 0.463 bits per heavy atom. The van der Waals surface area contributed by atoms with Gasteiger partial charge in [0.05, 0.1) is 40.4 Å². The van der Waals surface area contributed by atoms with E-state index in [0.717, 1.165) is 11.1 Å². The number of aromatic hydroxyl groups is 2. The first-order valence-electron chi connectivity index (χ1n) is 17.0. The molecule has 0 spiro atoms. The van der Waals surface area contributed by atoms with Gasteiger partial charge in [0, 0.05) is 26.2 Å². The Labute approximate surface area is 312 Å². The molecule has 1 aliphatic heterocycles. The molecule has 1 fully saturated rings. The van der Waals surface area contributed by atoms with Gasteiger partial charge in [-0.3, -0.25) is 40.9 Å². The van der Waals surface area contributed by atoms with Crippen LogP contribution in [0.1, 0.15) is 22.3 Å². The van der Waals surface area contributed by atoms with Crippen LogP contribution in [0.5, 0.6) is 23.0 Å². The fraction of sp³-hybridized carbons (Fsp3) is 0.263. The largest absolute Gasteiger partial charge is 0.508 e. The number of carbonyl (C=O) groups excluding carboxylic acids is 4. The topological polar surface area (TPSA) is 188 Å². The molecule has 1 heterocycles. The normalized spacial score (nSPS) is 16.2. The highest BCUT2D eigenvalue weighted by molar-refractivity contribution is 5.83. The summed E-state index contributed by atoms with van der Waals surface area (Å²) in [5, 5.41) is 25.8. The van der Waals surface area contributed by atoms with Gasteiger partial charge in [-0.2, -0.15) is 0 Å². The Morgan fingerprint density at radius 2 is 0.741 bits per heavy atom. The van der Waals surface area contributed by atoms with Crippen molar-refractivity contribution in [3.8, 4) is 23.0 Å². The Morgan fingerprint density at radius 3 is 1.02 bits per heavy atom. The molecule has 0 atom stereocenters. The van der Waals surface area contributed by atoms with Crippen LogP contribution in [-0.4, -0.2) is 94.3 Å². The zero-order chi connectivity index (χ0) is 38.5. The number of hydrogen-bond donors (Lipinski definition) is 6. The van der Waals surface area contributed by atoms with Gasteiger partial charge in [-0.05, 0) is 70.8 Å². The molecule has 4 aromatic rings. The highest BCUT2D eigenvalue weighted by Gasteiger charge is 2.24. The molecule has 284 valence electrons. The lowest BCUT2D eigenvalue weighted by Crippen LogP contribution is -2.57. The molecule has 16 nitrogen and oxygen atoms in total. The van der Waals surface area contributed by atoms with Crippen LogP contribution >= 0.6 is 0 Å². The summed E-state index contributed by atoms with van der Waals surface area (Å²) in [6.45, 7) is -1.08. The summed E-state index contributed by atoms with van der Waals surface area (Å²) < 4.78 is 10.7. The maximum atomic E-state index is 13.7. The standard InChI is InChI=1S/C38H44N8O8/c1-53-33-13-5-9-29(17-33)21-45-25-37(51)39-44(20-28-8-4-12-32(48)16-28)24-36(50)42-46(22-30-10-6-14-34(18-30)54-2)26-38(52)40-43(23-35(49)41-45)19-27-7-3-11-31(47)15-27/h3-18,47-48H,19-26H2,1-2H3,(H,39,51)(H,40,52)(H,41,49)(H,42,50). The monoisotopic (exact) mass is 740 g/mol. The third-order valence-electron chi connectivity index (χ3n) is 8.05. The summed E-state index contributed by atoms with van der Waals surface area (Å²) in [4.78, 5) is 54.6. The third kappa shape index (κ3) is 12.5. The number of methoxy groups -OCH3 is 2. The van der Waals surface area contributed by atoms with E-state index in [1.807, 2.05) is 12.1 Å². The van der Waals surface area contributed by atoms with E-state index in [9.17, 15) is 29.4 Å². The van der Waals surface area contributed by atoms with Gasteiger partial charge in [0.2, 0.25) is 23.6 Å². The van der Waals surface area contributed by atoms with E-state index in [1.165, 1.54) is 58.5 Å². The molecule has 5 rings (SSSR count). The molecule has 0 aromatic heterocycles. The van der Waals surface area contributed by atoms with Gasteiger partial charge in [-0.15, -0.1) is 0 Å². The summed E-state index contributed by atoms with van der Waals surface area (Å²) in [7, 11) is 3.07. The predicted octanol–water partition coefficient (Wildman–Crippen LogP) is 1.56. The molecule has 1 saturated heterocycles. The third-order valence-corrected chi connectivity index (χ3v) is 8.05. The van der Waals surface area contributed by atoms with Crippen molar-refractivity contribution in [3.05, 3.63) is 119 Å². The van der Waals surface area contributed by atoms with Crippen molar-refractivity contribution in [1.82, 2.24) is 41.7 Å². The Bertz CT molecular complexity index is 1750. The van der Waals surface area contributed by atoms with Crippen molar-refractivity contribution in [2.45, 2.75) is 26.2 Å². The summed E-state index contributed by atoms with van der Waals surface area (Å²) in [6.07, 6.45) is 0. The van der Waals surface area contributed by atoms with Crippen LogP contribution in [0.3, 0.4) is 0 Å². The number of phenols is 2. The van der Waals surface area contributed by atoms with Gasteiger partial charge >= 0.3 is 0 Å². The van der Waals surface area contributed by atoms with E-state index < -0.39 is 23.6 Å². The van der Waals surface area contributed by atoms with Crippen LogP contribution < -0.4 is 31.2 Å². The predicted molar refractivity (Wildman–Crippen MR) is 196 cm³/mol. The number of nitrogens with zero attached hydrogens (tertiary/aromatic N) is 4. The lowest BCUT2D eigenvalue weighted by Gasteiger charge is -2.30. The van der Waals surface area contributed by atoms with Crippen LogP contribution in [0.25, 0.3) is 0 Å². The molecule has 6 N–H and O–H groups in total. The first kappa shape index (κ1) is 39.0. The molecule has 0 bridgehead atoms. The van der Waals surface area contributed by atoms with Crippen LogP contribution in [0.2, 0.25) is 0 Å². The number of phenolic OH excluding ortho intramolecular Hbond substituents is 2.